The van der Waals surface area contributed by atoms with Crippen LogP contribution in [0.5, 0.6) is 0 Å². The van der Waals surface area contributed by atoms with Crippen molar-refractivity contribution >= 4 is 17.5 Å². The molecule has 100 valence electrons. The molecule has 0 spiro atoms. The smallest absolute Gasteiger partial charge is 0.220 e. The van der Waals surface area contributed by atoms with Crippen LogP contribution in [0.1, 0.15) is 30.9 Å². The Kier molecular flexibility index (Phi) is 6.81. The number of hydrogen-bond acceptors (Lipinski definition) is 1. The third-order valence-electron chi connectivity index (χ3n) is 3.01. The summed E-state index contributed by atoms with van der Waals surface area (Å²) in [6, 6.07) is 8.32. The molecular formula is C15H22ClNO. The number of hydrogen-bond donors (Lipinski definition) is 1. The summed E-state index contributed by atoms with van der Waals surface area (Å²) in [5.74, 6) is 1.23. The molecule has 0 heterocycles. The Balaban J connectivity index is 2.22. The van der Waals surface area contributed by atoms with Crippen LogP contribution in [0.2, 0.25) is 0 Å². The summed E-state index contributed by atoms with van der Waals surface area (Å²) in [4.78, 5) is 11.6. The molecule has 1 rings (SSSR count). The number of nitrogens with one attached hydrogen (secondary N) is 1. The second-order valence-corrected chi connectivity index (χ2v) is 5.25. The Bertz CT molecular complexity index is 361. The SMILES string of the molecule is Cc1ccc(CCC(=O)NCC(C)CCCl)cc1. The Morgan fingerprint density at radius 2 is 2.00 bits per heavy atom. The van der Waals surface area contributed by atoms with Gasteiger partial charge in [0.2, 0.25) is 5.91 Å². The molecule has 0 radical (unpaired) electrons. The lowest BCUT2D eigenvalue weighted by Gasteiger charge is -2.11. The van der Waals surface area contributed by atoms with E-state index >= 15 is 0 Å². The van der Waals surface area contributed by atoms with Crippen molar-refractivity contribution < 1.29 is 4.79 Å². The van der Waals surface area contributed by atoms with Crippen LogP contribution in [-0.2, 0) is 11.2 Å². The van der Waals surface area contributed by atoms with Crippen LogP contribution < -0.4 is 5.32 Å². The van der Waals surface area contributed by atoms with Gasteiger partial charge in [0, 0.05) is 18.8 Å². The summed E-state index contributed by atoms with van der Waals surface area (Å²) in [6.45, 7) is 4.89. The maximum absolute atomic E-state index is 11.6. The van der Waals surface area contributed by atoms with Crippen LogP contribution in [0.15, 0.2) is 24.3 Å². The number of alkyl halides is 1. The van der Waals surface area contributed by atoms with E-state index in [-0.39, 0.29) is 5.91 Å². The summed E-state index contributed by atoms with van der Waals surface area (Å²) < 4.78 is 0. The second kappa shape index (κ2) is 8.15. The first-order valence-electron chi connectivity index (χ1n) is 6.50. The highest BCUT2D eigenvalue weighted by Crippen LogP contribution is 2.06. The van der Waals surface area contributed by atoms with Gasteiger partial charge in [-0.15, -0.1) is 11.6 Å². The standard InChI is InChI=1S/C15H22ClNO/c1-12-3-5-14(6-4-12)7-8-15(18)17-11-13(2)9-10-16/h3-6,13H,7-11H2,1-2H3,(H,17,18). The zero-order valence-corrected chi connectivity index (χ0v) is 12.0. The minimum atomic E-state index is 0.122. The van der Waals surface area contributed by atoms with Gasteiger partial charge in [0.15, 0.2) is 0 Å². The van der Waals surface area contributed by atoms with Gasteiger partial charge in [-0.2, -0.15) is 0 Å². The largest absolute Gasteiger partial charge is 0.356 e. The molecule has 1 unspecified atom stereocenters. The third-order valence-corrected chi connectivity index (χ3v) is 3.23. The van der Waals surface area contributed by atoms with Gasteiger partial charge in [-0.05, 0) is 31.2 Å². The van der Waals surface area contributed by atoms with Crippen molar-refractivity contribution in [1.29, 1.82) is 0 Å². The molecule has 0 bridgehead atoms. The molecule has 0 aromatic heterocycles. The Labute approximate surface area is 115 Å². The van der Waals surface area contributed by atoms with Gasteiger partial charge >= 0.3 is 0 Å². The van der Waals surface area contributed by atoms with E-state index in [4.69, 9.17) is 11.6 Å². The van der Waals surface area contributed by atoms with Gasteiger partial charge in [0.05, 0.1) is 0 Å². The van der Waals surface area contributed by atoms with E-state index in [9.17, 15) is 4.79 Å². The highest BCUT2D eigenvalue weighted by molar-refractivity contribution is 6.17. The van der Waals surface area contributed by atoms with Crippen molar-refractivity contribution in [2.45, 2.75) is 33.1 Å². The zero-order valence-electron chi connectivity index (χ0n) is 11.2. The molecule has 1 aromatic rings. The number of amides is 1. The number of aryl methyl sites for hydroxylation is 2. The maximum atomic E-state index is 11.6. The van der Waals surface area contributed by atoms with E-state index in [1.165, 1.54) is 11.1 Å². The molecule has 0 saturated heterocycles. The van der Waals surface area contributed by atoms with Crippen molar-refractivity contribution in [2.24, 2.45) is 5.92 Å². The first kappa shape index (κ1) is 15.0. The molecule has 0 aliphatic carbocycles. The topological polar surface area (TPSA) is 29.1 Å². The predicted octanol–water partition coefficient (Wildman–Crippen LogP) is 3.31. The van der Waals surface area contributed by atoms with E-state index in [1.54, 1.807) is 0 Å². The normalized spacial score (nSPS) is 12.2. The lowest BCUT2D eigenvalue weighted by Crippen LogP contribution is -2.28. The highest BCUT2D eigenvalue weighted by Gasteiger charge is 2.05. The van der Waals surface area contributed by atoms with Gasteiger partial charge in [-0.25, -0.2) is 0 Å². The van der Waals surface area contributed by atoms with Crippen LogP contribution >= 0.6 is 11.6 Å². The fourth-order valence-electron chi connectivity index (χ4n) is 1.68. The molecule has 1 atom stereocenters. The lowest BCUT2D eigenvalue weighted by molar-refractivity contribution is -0.121. The van der Waals surface area contributed by atoms with Gasteiger partial charge in [0.25, 0.3) is 0 Å². The summed E-state index contributed by atoms with van der Waals surface area (Å²) >= 11 is 5.65. The fraction of sp³-hybridized carbons (Fsp3) is 0.533. The number of halogens is 1. The van der Waals surface area contributed by atoms with Crippen molar-refractivity contribution in [3.63, 3.8) is 0 Å². The molecule has 1 amide bonds. The van der Waals surface area contributed by atoms with Gasteiger partial charge < -0.3 is 5.32 Å². The number of benzene rings is 1. The first-order chi connectivity index (χ1) is 8.61. The molecule has 1 N–H and O–H groups in total. The van der Waals surface area contributed by atoms with E-state index in [2.05, 4.69) is 43.4 Å². The van der Waals surface area contributed by atoms with E-state index < -0.39 is 0 Å². The number of carbonyl (C=O) groups excluding carboxylic acids is 1. The zero-order chi connectivity index (χ0) is 13.4. The molecule has 0 saturated carbocycles. The molecule has 0 aliphatic heterocycles. The third kappa shape index (κ3) is 6.06. The van der Waals surface area contributed by atoms with Crippen molar-refractivity contribution in [2.75, 3.05) is 12.4 Å². The summed E-state index contributed by atoms with van der Waals surface area (Å²) in [7, 11) is 0. The molecule has 2 nitrogen and oxygen atoms in total. The fourth-order valence-corrected chi connectivity index (χ4v) is 2.05. The Morgan fingerprint density at radius 3 is 2.61 bits per heavy atom. The minimum Gasteiger partial charge on any atom is -0.356 e. The molecule has 0 fully saturated rings. The van der Waals surface area contributed by atoms with Gasteiger partial charge in [-0.3, -0.25) is 4.79 Å². The quantitative estimate of drug-likeness (QED) is 0.755. The molecule has 18 heavy (non-hydrogen) atoms. The summed E-state index contributed by atoms with van der Waals surface area (Å²) in [6.07, 6.45) is 2.30. The average molecular weight is 268 g/mol. The number of carbonyl (C=O) groups is 1. The Morgan fingerprint density at radius 1 is 1.33 bits per heavy atom. The van der Waals surface area contributed by atoms with Crippen LogP contribution in [0.3, 0.4) is 0 Å². The van der Waals surface area contributed by atoms with Crippen LogP contribution in [0.25, 0.3) is 0 Å². The molecular weight excluding hydrogens is 246 g/mol. The monoisotopic (exact) mass is 267 g/mol. The minimum absolute atomic E-state index is 0.122. The first-order valence-corrected chi connectivity index (χ1v) is 7.03. The highest BCUT2D eigenvalue weighted by atomic mass is 35.5. The second-order valence-electron chi connectivity index (χ2n) is 4.87. The number of rotatable bonds is 7. The van der Waals surface area contributed by atoms with Crippen molar-refractivity contribution in [3.8, 4) is 0 Å². The summed E-state index contributed by atoms with van der Waals surface area (Å²) in [5.41, 5.74) is 2.46. The van der Waals surface area contributed by atoms with Crippen molar-refractivity contribution in [3.05, 3.63) is 35.4 Å². The average Bonchev–Trinajstić information content (AvgIpc) is 2.36. The van der Waals surface area contributed by atoms with E-state index in [0.29, 0.717) is 18.2 Å². The van der Waals surface area contributed by atoms with Crippen LogP contribution in [-0.4, -0.2) is 18.3 Å². The maximum Gasteiger partial charge on any atom is 0.220 e. The molecule has 1 aromatic carbocycles. The van der Waals surface area contributed by atoms with Crippen LogP contribution in [0.4, 0.5) is 0 Å². The summed E-state index contributed by atoms with van der Waals surface area (Å²) in [5, 5.41) is 2.95. The van der Waals surface area contributed by atoms with Gasteiger partial charge in [-0.1, -0.05) is 36.8 Å². The van der Waals surface area contributed by atoms with Crippen molar-refractivity contribution in [1.82, 2.24) is 5.32 Å². The van der Waals surface area contributed by atoms with E-state index in [1.807, 2.05) is 0 Å². The van der Waals surface area contributed by atoms with Crippen LogP contribution in [0, 0.1) is 12.8 Å². The predicted molar refractivity (Wildman–Crippen MR) is 77.0 cm³/mol. The van der Waals surface area contributed by atoms with Gasteiger partial charge in [0.1, 0.15) is 0 Å². The lowest BCUT2D eigenvalue weighted by atomic mass is 10.1. The Hall–Kier alpha value is -1.02. The molecule has 3 heteroatoms. The van der Waals surface area contributed by atoms with E-state index in [0.717, 1.165) is 19.4 Å². The molecule has 0 aliphatic rings.